The van der Waals surface area contributed by atoms with E-state index in [-0.39, 0.29) is 11.3 Å². The highest BCUT2D eigenvalue weighted by molar-refractivity contribution is 7.22. The number of hydrogen-bond acceptors (Lipinski definition) is 6. The van der Waals surface area contributed by atoms with Crippen molar-refractivity contribution >= 4 is 44.1 Å². The van der Waals surface area contributed by atoms with E-state index in [0.717, 1.165) is 21.4 Å². The van der Waals surface area contributed by atoms with E-state index in [1.807, 2.05) is 68.4 Å². The van der Waals surface area contributed by atoms with Gasteiger partial charge in [0.05, 0.1) is 28.4 Å². The van der Waals surface area contributed by atoms with E-state index in [4.69, 9.17) is 9.72 Å². The molecule has 1 aromatic heterocycles. The number of carbonyl (C=O) groups is 2. The number of nitrogens with zero attached hydrogens (tertiary/aromatic N) is 2. The Morgan fingerprint density at radius 2 is 1.76 bits per heavy atom. The normalized spacial score (nSPS) is 17.2. The van der Waals surface area contributed by atoms with E-state index >= 15 is 0 Å². The van der Waals surface area contributed by atoms with Crippen LogP contribution in [0.25, 0.3) is 16.0 Å². The second-order valence-corrected chi connectivity index (χ2v) is 10.4. The summed E-state index contributed by atoms with van der Waals surface area (Å²) in [5.41, 5.74) is 4.14. The van der Waals surface area contributed by atoms with E-state index < -0.39 is 17.7 Å². The van der Waals surface area contributed by atoms with Crippen molar-refractivity contribution in [2.75, 3.05) is 11.5 Å². The van der Waals surface area contributed by atoms with Crippen LogP contribution >= 0.6 is 11.3 Å². The molecule has 2 heterocycles. The fraction of sp³-hybridized carbons (Fsp3) is 0.233. The smallest absolute Gasteiger partial charge is 0.301 e. The Labute approximate surface area is 219 Å². The minimum atomic E-state index is -0.811. The number of ketones is 1. The standard InChI is InChI=1S/C30H28N2O4S/c1-5-36-22-14-15-23-24(16-22)37-30(31-23)32-26(20-12-10-19(11-13-20)17(2)3)25(28(34)29(32)35)27(33)21-8-6-18(4)7-9-21/h6-17,26,33H,5H2,1-4H3/b27-25+/t26-/m0/s1. The van der Waals surface area contributed by atoms with Crippen molar-refractivity contribution in [3.8, 4) is 5.75 Å². The van der Waals surface area contributed by atoms with E-state index in [1.54, 1.807) is 12.1 Å². The maximum absolute atomic E-state index is 13.5. The summed E-state index contributed by atoms with van der Waals surface area (Å²) in [5.74, 6) is -0.594. The minimum Gasteiger partial charge on any atom is -0.507 e. The first-order valence-corrected chi connectivity index (χ1v) is 13.1. The SMILES string of the molecule is CCOc1ccc2nc(N3C(=O)C(=O)/C(=C(/O)c4ccc(C)cc4)[C@@H]3c3ccc(C(C)C)cc3)sc2c1. The number of carbonyl (C=O) groups excluding carboxylic acids is 2. The van der Waals surface area contributed by atoms with Gasteiger partial charge in [0.15, 0.2) is 5.13 Å². The van der Waals surface area contributed by atoms with E-state index in [1.165, 1.54) is 16.2 Å². The van der Waals surface area contributed by atoms with Crippen molar-refractivity contribution in [1.29, 1.82) is 0 Å². The molecule has 1 atom stereocenters. The number of thiazole rings is 1. The van der Waals surface area contributed by atoms with Gasteiger partial charge < -0.3 is 9.84 Å². The van der Waals surface area contributed by atoms with Crippen LogP contribution in [0.2, 0.25) is 0 Å². The molecule has 1 aliphatic heterocycles. The molecule has 5 rings (SSSR count). The first-order chi connectivity index (χ1) is 17.8. The topological polar surface area (TPSA) is 79.7 Å². The van der Waals surface area contributed by atoms with Gasteiger partial charge in [0.2, 0.25) is 0 Å². The molecule has 7 heteroatoms. The summed E-state index contributed by atoms with van der Waals surface area (Å²) in [7, 11) is 0. The third kappa shape index (κ3) is 4.51. The number of Topliss-reactive ketones (excluding diaryl/α,β-unsaturated/α-hetero) is 1. The van der Waals surface area contributed by atoms with Gasteiger partial charge >= 0.3 is 5.91 Å². The Bertz CT molecular complexity index is 1520. The van der Waals surface area contributed by atoms with Gasteiger partial charge in [-0.1, -0.05) is 79.3 Å². The van der Waals surface area contributed by atoms with Crippen molar-refractivity contribution in [2.45, 2.75) is 39.7 Å². The lowest BCUT2D eigenvalue weighted by atomic mass is 9.93. The zero-order valence-electron chi connectivity index (χ0n) is 21.2. The Hall–Kier alpha value is -3.97. The average Bonchev–Trinajstić information content (AvgIpc) is 3.42. The molecule has 0 spiro atoms. The molecular weight excluding hydrogens is 484 g/mol. The van der Waals surface area contributed by atoms with Crippen LogP contribution in [-0.2, 0) is 9.59 Å². The second kappa shape index (κ2) is 9.82. The van der Waals surface area contributed by atoms with Crippen LogP contribution in [-0.4, -0.2) is 28.4 Å². The lowest BCUT2D eigenvalue weighted by Gasteiger charge is -2.23. The summed E-state index contributed by atoms with van der Waals surface area (Å²) in [6, 6.07) is 19.8. The number of amides is 1. The van der Waals surface area contributed by atoms with Gasteiger partial charge in [-0.3, -0.25) is 14.5 Å². The molecule has 1 saturated heterocycles. The summed E-state index contributed by atoms with van der Waals surface area (Å²) >= 11 is 1.32. The lowest BCUT2D eigenvalue weighted by Crippen LogP contribution is -2.29. The third-order valence-electron chi connectivity index (χ3n) is 6.55. The molecule has 3 aromatic carbocycles. The summed E-state index contributed by atoms with van der Waals surface area (Å²) < 4.78 is 6.46. The Morgan fingerprint density at radius 3 is 2.41 bits per heavy atom. The molecule has 37 heavy (non-hydrogen) atoms. The summed E-state index contributed by atoms with van der Waals surface area (Å²) in [4.78, 5) is 33.0. The average molecular weight is 513 g/mol. The number of hydrogen-bond donors (Lipinski definition) is 1. The van der Waals surface area contributed by atoms with Gasteiger partial charge in [0.1, 0.15) is 11.5 Å². The van der Waals surface area contributed by atoms with E-state index in [2.05, 4.69) is 13.8 Å². The molecule has 4 aromatic rings. The third-order valence-corrected chi connectivity index (χ3v) is 7.57. The predicted molar refractivity (Wildman–Crippen MR) is 147 cm³/mol. The van der Waals surface area contributed by atoms with Crippen LogP contribution in [0.4, 0.5) is 5.13 Å². The first kappa shape index (κ1) is 24.7. The molecule has 0 aliphatic carbocycles. The van der Waals surface area contributed by atoms with Gasteiger partial charge in [-0.25, -0.2) is 4.98 Å². The molecule has 188 valence electrons. The molecule has 1 amide bonds. The highest BCUT2D eigenvalue weighted by Gasteiger charge is 2.48. The van der Waals surface area contributed by atoms with E-state index in [9.17, 15) is 14.7 Å². The first-order valence-electron chi connectivity index (χ1n) is 12.3. The van der Waals surface area contributed by atoms with Crippen molar-refractivity contribution in [3.05, 3.63) is 94.6 Å². The number of aryl methyl sites for hydroxylation is 1. The number of aromatic nitrogens is 1. The lowest BCUT2D eigenvalue weighted by molar-refractivity contribution is -0.132. The van der Waals surface area contributed by atoms with Crippen molar-refractivity contribution in [1.82, 2.24) is 4.98 Å². The zero-order valence-corrected chi connectivity index (χ0v) is 22.0. The quantitative estimate of drug-likeness (QED) is 0.176. The van der Waals surface area contributed by atoms with Gasteiger partial charge in [-0.2, -0.15) is 0 Å². The predicted octanol–water partition coefficient (Wildman–Crippen LogP) is 6.75. The van der Waals surface area contributed by atoms with E-state index in [0.29, 0.717) is 34.5 Å². The molecule has 1 aliphatic rings. The van der Waals surface area contributed by atoms with Crippen LogP contribution in [0.15, 0.2) is 72.3 Å². The zero-order chi connectivity index (χ0) is 26.3. The van der Waals surface area contributed by atoms with Crippen molar-refractivity contribution < 1.29 is 19.4 Å². The Kier molecular flexibility index (Phi) is 6.56. The number of fused-ring (bicyclic) bond motifs is 1. The van der Waals surface area contributed by atoms with Crippen LogP contribution in [0.5, 0.6) is 5.75 Å². The number of anilines is 1. The molecule has 1 fully saturated rings. The Balaban J connectivity index is 1.68. The second-order valence-electron chi connectivity index (χ2n) is 9.42. The number of rotatable bonds is 6. The van der Waals surface area contributed by atoms with Gasteiger partial charge in [0.25, 0.3) is 5.78 Å². The van der Waals surface area contributed by atoms with Gasteiger partial charge in [-0.05, 0) is 49.1 Å². The molecule has 0 saturated carbocycles. The van der Waals surface area contributed by atoms with Crippen molar-refractivity contribution in [2.24, 2.45) is 0 Å². The molecule has 0 radical (unpaired) electrons. The highest BCUT2D eigenvalue weighted by atomic mass is 32.1. The van der Waals surface area contributed by atoms with Crippen LogP contribution in [0.1, 0.15) is 55.0 Å². The highest BCUT2D eigenvalue weighted by Crippen LogP contribution is 2.44. The fourth-order valence-electron chi connectivity index (χ4n) is 4.53. The van der Waals surface area contributed by atoms with Crippen LogP contribution in [0.3, 0.4) is 0 Å². The Morgan fingerprint density at radius 1 is 1.05 bits per heavy atom. The minimum absolute atomic E-state index is 0.0559. The summed E-state index contributed by atoms with van der Waals surface area (Å²) in [6.45, 7) is 8.62. The number of ether oxygens (including phenoxy) is 1. The molecule has 0 bridgehead atoms. The van der Waals surface area contributed by atoms with Crippen LogP contribution in [0, 0.1) is 6.92 Å². The molecule has 0 unspecified atom stereocenters. The molecule has 1 N–H and O–H groups in total. The van der Waals surface area contributed by atoms with Crippen molar-refractivity contribution in [3.63, 3.8) is 0 Å². The molecule has 6 nitrogen and oxygen atoms in total. The summed E-state index contributed by atoms with van der Waals surface area (Å²) in [5, 5.41) is 11.7. The van der Waals surface area contributed by atoms with Gasteiger partial charge in [0, 0.05) is 5.56 Å². The monoisotopic (exact) mass is 512 g/mol. The van der Waals surface area contributed by atoms with Crippen LogP contribution < -0.4 is 9.64 Å². The number of aliphatic hydroxyl groups excluding tert-OH is 1. The fourth-order valence-corrected chi connectivity index (χ4v) is 5.55. The van der Waals surface area contributed by atoms with Gasteiger partial charge in [-0.15, -0.1) is 0 Å². The number of benzene rings is 3. The molecular formula is C30H28N2O4S. The summed E-state index contributed by atoms with van der Waals surface area (Å²) in [6.07, 6.45) is 0. The maximum atomic E-state index is 13.5. The maximum Gasteiger partial charge on any atom is 0.301 e. The largest absolute Gasteiger partial charge is 0.507 e. The number of aliphatic hydroxyl groups is 1.